The van der Waals surface area contributed by atoms with E-state index in [1.165, 1.54) is 11.8 Å². The van der Waals surface area contributed by atoms with Gasteiger partial charge in [-0.3, -0.25) is 0 Å². The molecule has 8 heavy (non-hydrogen) atoms. The van der Waals surface area contributed by atoms with Gasteiger partial charge in [-0.05, 0) is 11.8 Å². The van der Waals surface area contributed by atoms with E-state index in [0.717, 1.165) is 0 Å². The van der Waals surface area contributed by atoms with Gasteiger partial charge in [0.15, 0.2) is 7.69 Å². The summed E-state index contributed by atoms with van der Waals surface area (Å²) in [5, 5.41) is 15.2. The average molecular weight is 163 g/mol. The van der Waals surface area contributed by atoms with Crippen LogP contribution < -0.4 is 56.4 Å². The van der Waals surface area contributed by atoms with Crippen molar-refractivity contribution in [2.45, 2.75) is 0 Å². The summed E-state index contributed by atoms with van der Waals surface area (Å²) in [5.74, 6) is 0. The van der Waals surface area contributed by atoms with Gasteiger partial charge in [0.2, 0.25) is 0 Å². The molecule has 0 aliphatic carbocycles. The molecule has 0 aliphatic rings. The van der Waals surface area contributed by atoms with E-state index < -0.39 is 0 Å². The van der Waals surface area contributed by atoms with Gasteiger partial charge in [0, 0.05) is 0 Å². The Kier molecular flexibility index (Phi) is 102. The zero-order chi connectivity index (χ0) is 5.41. The second kappa shape index (κ2) is 36.4. The second-order valence-corrected chi connectivity index (χ2v) is 1.45. The minimum Gasteiger partial charge on any atom is -0.870 e. The number of hydrogen-bond acceptors (Lipinski definition) is 3. The standard InChI is InChI=1S/C2H6S.BHO2.K.H2O/c1-3-2;2-1-3;;/h1-2H3;2H;;1H2/q;-1;+1;. The molecule has 0 aromatic carbocycles. The van der Waals surface area contributed by atoms with Gasteiger partial charge >= 0.3 is 51.4 Å². The van der Waals surface area contributed by atoms with E-state index >= 15 is 0 Å². The first kappa shape index (κ1) is 22.5. The van der Waals surface area contributed by atoms with E-state index in [1.807, 2.05) is 0 Å². The van der Waals surface area contributed by atoms with Crippen molar-refractivity contribution in [3.05, 3.63) is 0 Å². The van der Waals surface area contributed by atoms with E-state index in [2.05, 4.69) is 12.5 Å². The Morgan fingerprint density at radius 1 is 1.50 bits per heavy atom. The van der Waals surface area contributed by atoms with Crippen LogP contribution in [0.15, 0.2) is 0 Å². The van der Waals surface area contributed by atoms with Crippen molar-refractivity contribution in [1.29, 1.82) is 0 Å². The Balaban J connectivity index is -0.0000000160. The van der Waals surface area contributed by atoms with Crippen molar-refractivity contribution in [3.8, 4) is 0 Å². The fourth-order valence-corrected chi connectivity index (χ4v) is 0. The molecule has 0 rings (SSSR count). The maximum absolute atomic E-state index is 8.36. The molecular formula is C2H9BKO3S. The van der Waals surface area contributed by atoms with Crippen LogP contribution in [-0.2, 0) is 11.8 Å². The summed E-state index contributed by atoms with van der Waals surface area (Å²) in [5.41, 5.74) is 0. The predicted molar refractivity (Wildman–Crippen MR) is 30.5 cm³/mol. The number of hydrogen-bond donors (Lipinski definition) is 1. The van der Waals surface area contributed by atoms with E-state index in [-0.39, 0.29) is 64.5 Å². The molecule has 1 radical (unpaired) electrons. The molecule has 0 saturated carbocycles. The molecule has 0 bridgehead atoms. The second-order valence-electron chi connectivity index (χ2n) is 0.553. The van der Waals surface area contributed by atoms with Crippen LogP contribution >= 0.6 is 0 Å². The molecular weight excluding hydrogens is 154 g/mol. The first-order valence-electron chi connectivity index (χ1n) is 1.39. The fraction of sp³-hybridized carbons (Fsp3) is 1.00. The quantitative estimate of drug-likeness (QED) is 0.220. The molecule has 3 nitrogen and oxygen atoms in total. The third-order valence-corrected chi connectivity index (χ3v) is 0. The van der Waals surface area contributed by atoms with Gasteiger partial charge < -0.3 is 15.5 Å². The topological polar surface area (TPSA) is 73.3 Å². The summed E-state index contributed by atoms with van der Waals surface area (Å²) in [4.78, 5) is 0. The minimum absolute atomic E-state index is 0. The third kappa shape index (κ3) is 102. The van der Waals surface area contributed by atoms with E-state index in [9.17, 15) is 0 Å². The molecule has 0 spiro atoms. The first-order valence-corrected chi connectivity index (χ1v) is 3.18. The van der Waals surface area contributed by atoms with Crippen molar-refractivity contribution >= 4 is 19.4 Å². The number of rotatable bonds is 0. The van der Waals surface area contributed by atoms with Crippen molar-refractivity contribution in [3.63, 3.8) is 0 Å². The summed E-state index contributed by atoms with van der Waals surface area (Å²) in [6.45, 7) is 0. The molecule has 0 fully saturated rings. The molecule has 0 atom stereocenters. The molecule has 0 aliphatic heterocycles. The van der Waals surface area contributed by atoms with Crippen LogP contribution in [0, 0.1) is 0 Å². The molecule has 0 aromatic heterocycles. The van der Waals surface area contributed by atoms with Crippen molar-refractivity contribution in [1.82, 2.24) is 0 Å². The third-order valence-electron chi connectivity index (χ3n) is 0. The first-order chi connectivity index (χ1) is 2.83. The van der Waals surface area contributed by atoms with Gasteiger partial charge in [0.1, 0.15) is 0 Å². The molecule has 6 heteroatoms. The average Bonchev–Trinajstić information content (AvgIpc) is 1.39. The SMILES string of the molecule is C[SH+]C.[K+].[O-][B]O.[OH-]. The normalized spacial score (nSPS) is 4.00. The van der Waals surface area contributed by atoms with Crippen LogP contribution in [0.25, 0.3) is 0 Å². The van der Waals surface area contributed by atoms with Gasteiger partial charge in [-0.15, -0.1) is 0 Å². The minimum atomic E-state index is -0.250. The van der Waals surface area contributed by atoms with Gasteiger partial charge in [0.25, 0.3) is 0 Å². The van der Waals surface area contributed by atoms with Gasteiger partial charge in [-0.2, -0.15) is 0 Å². The fourth-order valence-electron chi connectivity index (χ4n) is 0. The molecule has 0 saturated heterocycles. The zero-order valence-corrected chi connectivity index (χ0v) is 9.34. The van der Waals surface area contributed by atoms with Crippen LogP contribution in [-0.4, -0.2) is 30.7 Å². The summed E-state index contributed by atoms with van der Waals surface area (Å²) in [6.07, 6.45) is 4.19. The Morgan fingerprint density at radius 3 is 1.50 bits per heavy atom. The maximum atomic E-state index is 8.36. The van der Waals surface area contributed by atoms with E-state index in [4.69, 9.17) is 10.0 Å². The van der Waals surface area contributed by atoms with Crippen LogP contribution in [0.2, 0.25) is 0 Å². The van der Waals surface area contributed by atoms with E-state index in [0.29, 0.717) is 0 Å². The summed E-state index contributed by atoms with van der Waals surface area (Å²) >= 11 is 1.42. The Hall–Kier alpha value is 1.93. The molecule has 0 aromatic rings. The Bertz CT molecular complexity index is 19.2. The Morgan fingerprint density at radius 2 is 1.50 bits per heavy atom. The van der Waals surface area contributed by atoms with E-state index in [1.54, 1.807) is 0 Å². The van der Waals surface area contributed by atoms with Gasteiger partial charge in [-0.1, -0.05) is 0 Å². The van der Waals surface area contributed by atoms with Crippen LogP contribution in [0.4, 0.5) is 0 Å². The maximum Gasteiger partial charge on any atom is 1.00 e. The summed E-state index contributed by atoms with van der Waals surface area (Å²) < 4.78 is 0. The van der Waals surface area contributed by atoms with Crippen LogP contribution in [0.5, 0.6) is 0 Å². The number of thiol groups is 1. The van der Waals surface area contributed by atoms with Crippen LogP contribution in [0.1, 0.15) is 0 Å². The van der Waals surface area contributed by atoms with Crippen molar-refractivity contribution in [2.75, 3.05) is 12.5 Å². The largest absolute Gasteiger partial charge is 1.00 e. The molecule has 2 N–H and O–H groups in total. The van der Waals surface area contributed by atoms with Gasteiger partial charge in [-0.25, -0.2) is 0 Å². The summed E-state index contributed by atoms with van der Waals surface area (Å²) in [7, 11) is -0.250. The molecule has 0 amide bonds. The van der Waals surface area contributed by atoms with Crippen molar-refractivity contribution < 1.29 is 66.9 Å². The smallest absolute Gasteiger partial charge is 0.870 e. The molecule has 45 valence electrons. The summed E-state index contributed by atoms with van der Waals surface area (Å²) in [6, 6.07) is 0. The Labute approximate surface area is 97.3 Å². The molecule has 0 heterocycles. The van der Waals surface area contributed by atoms with Crippen LogP contribution in [0.3, 0.4) is 0 Å². The zero-order valence-electron chi connectivity index (χ0n) is 5.33. The molecule has 0 unspecified atom stereocenters. The van der Waals surface area contributed by atoms with Crippen molar-refractivity contribution in [2.24, 2.45) is 0 Å². The predicted octanol–water partition coefficient (Wildman–Crippen LogP) is -5.24. The van der Waals surface area contributed by atoms with Gasteiger partial charge in [0.05, 0.1) is 12.5 Å². The monoisotopic (exact) mass is 163 g/mol.